The van der Waals surface area contributed by atoms with E-state index in [2.05, 4.69) is 18.9 Å². The molecule has 1 amide bonds. The van der Waals surface area contributed by atoms with E-state index in [4.69, 9.17) is 9.97 Å². The van der Waals surface area contributed by atoms with E-state index in [0.717, 1.165) is 36.5 Å². The first kappa shape index (κ1) is 21.5. The number of thiophene rings is 1. The number of rotatable bonds is 6. The Balaban J connectivity index is 1.64. The summed E-state index contributed by atoms with van der Waals surface area (Å²) >= 11 is 1.74. The maximum atomic E-state index is 12.9. The number of anilines is 1. The summed E-state index contributed by atoms with van der Waals surface area (Å²) in [5.74, 6) is 1.37. The highest BCUT2D eigenvalue weighted by Gasteiger charge is 2.33. The van der Waals surface area contributed by atoms with Crippen molar-refractivity contribution in [2.24, 2.45) is 0 Å². The number of fused-ring (bicyclic) bond motifs is 3. The Hall–Kier alpha value is -1.74. The van der Waals surface area contributed by atoms with Gasteiger partial charge in [-0.3, -0.25) is 4.79 Å². The lowest BCUT2D eigenvalue weighted by Gasteiger charge is -2.21. The lowest BCUT2D eigenvalue weighted by molar-refractivity contribution is -0.129. The molecule has 0 bridgehead atoms. The van der Waals surface area contributed by atoms with Crippen LogP contribution in [0.25, 0.3) is 10.2 Å². The van der Waals surface area contributed by atoms with Gasteiger partial charge >= 0.3 is 0 Å². The average molecular weight is 451 g/mol. The number of carbonyl (C=O) groups excluding carboxylic acids is 1. The predicted octanol–water partition coefficient (Wildman–Crippen LogP) is 2.60. The highest BCUT2D eigenvalue weighted by Crippen LogP contribution is 2.39. The number of nitrogens with zero attached hydrogens (tertiary/aromatic N) is 4. The van der Waals surface area contributed by atoms with Crippen LogP contribution in [0, 0.1) is 0 Å². The van der Waals surface area contributed by atoms with Gasteiger partial charge in [0.2, 0.25) is 5.91 Å². The van der Waals surface area contributed by atoms with Crippen LogP contribution in [0.3, 0.4) is 0 Å². The van der Waals surface area contributed by atoms with Crippen LogP contribution in [0.1, 0.15) is 48.9 Å². The number of hydrogen-bond acceptors (Lipinski definition) is 7. The Morgan fingerprint density at radius 2 is 2.03 bits per heavy atom. The van der Waals surface area contributed by atoms with Crippen LogP contribution in [0.2, 0.25) is 0 Å². The van der Waals surface area contributed by atoms with Gasteiger partial charge in [0.05, 0.1) is 17.1 Å². The molecular formula is C21H30N4O3S2. The molecule has 164 valence electrons. The number of likely N-dealkylation sites (tertiary alicyclic amines) is 1. The first-order chi connectivity index (χ1) is 14.3. The van der Waals surface area contributed by atoms with Gasteiger partial charge in [0, 0.05) is 37.8 Å². The van der Waals surface area contributed by atoms with E-state index in [0.29, 0.717) is 18.8 Å². The minimum Gasteiger partial charge on any atom is -0.359 e. The van der Waals surface area contributed by atoms with Gasteiger partial charge in [-0.25, -0.2) is 18.4 Å². The molecule has 0 radical (unpaired) electrons. The van der Waals surface area contributed by atoms with Gasteiger partial charge in [0.15, 0.2) is 9.84 Å². The number of carbonyl (C=O) groups is 1. The maximum absolute atomic E-state index is 12.9. The molecule has 1 saturated heterocycles. The van der Waals surface area contributed by atoms with Crippen molar-refractivity contribution in [3.8, 4) is 0 Å². The molecule has 1 fully saturated rings. The molecule has 1 aliphatic heterocycles. The van der Waals surface area contributed by atoms with Gasteiger partial charge in [-0.1, -0.05) is 6.92 Å². The molecule has 2 aromatic heterocycles. The summed E-state index contributed by atoms with van der Waals surface area (Å²) in [7, 11) is -1.07. The second-order valence-electron chi connectivity index (χ2n) is 8.53. The van der Waals surface area contributed by atoms with Gasteiger partial charge in [0.25, 0.3) is 0 Å². The van der Waals surface area contributed by atoms with Gasteiger partial charge in [-0.2, -0.15) is 0 Å². The fourth-order valence-corrected chi connectivity index (χ4v) is 6.79. The van der Waals surface area contributed by atoms with Crippen molar-refractivity contribution in [3.63, 3.8) is 0 Å². The Bertz CT molecular complexity index is 1060. The normalized spacial score (nSPS) is 19.3. The molecule has 1 atom stereocenters. The van der Waals surface area contributed by atoms with Crippen molar-refractivity contribution in [1.29, 1.82) is 0 Å². The van der Waals surface area contributed by atoms with Crippen molar-refractivity contribution in [2.45, 2.75) is 57.1 Å². The molecule has 30 heavy (non-hydrogen) atoms. The fraction of sp³-hybridized carbons (Fsp3) is 0.667. The van der Waals surface area contributed by atoms with Gasteiger partial charge in [0.1, 0.15) is 16.5 Å². The van der Waals surface area contributed by atoms with Crippen molar-refractivity contribution >= 4 is 43.1 Å². The molecule has 0 aromatic carbocycles. The van der Waals surface area contributed by atoms with Crippen molar-refractivity contribution < 1.29 is 13.2 Å². The number of amides is 1. The minimum atomic E-state index is -3.13. The van der Waals surface area contributed by atoms with Gasteiger partial charge < -0.3 is 9.80 Å². The molecule has 0 saturated carbocycles. The van der Waals surface area contributed by atoms with E-state index in [1.54, 1.807) is 16.2 Å². The van der Waals surface area contributed by atoms with E-state index in [-0.39, 0.29) is 18.9 Å². The molecule has 2 aliphatic rings. The highest BCUT2D eigenvalue weighted by atomic mass is 32.2. The Kier molecular flexibility index (Phi) is 6.03. The van der Waals surface area contributed by atoms with Crippen LogP contribution < -0.4 is 4.90 Å². The quantitative estimate of drug-likeness (QED) is 0.673. The summed E-state index contributed by atoms with van der Waals surface area (Å²) in [6.45, 7) is 3.80. The van der Waals surface area contributed by atoms with Crippen LogP contribution in [-0.4, -0.2) is 67.4 Å². The van der Waals surface area contributed by atoms with Crippen molar-refractivity contribution in [3.05, 3.63) is 16.3 Å². The topological polar surface area (TPSA) is 83.5 Å². The summed E-state index contributed by atoms with van der Waals surface area (Å²) in [6, 6.07) is 0. The molecule has 9 heteroatoms. The number of aromatic nitrogens is 2. The van der Waals surface area contributed by atoms with Crippen LogP contribution in [-0.2, 0) is 33.9 Å². The summed E-state index contributed by atoms with van der Waals surface area (Å²) in [5, 5.41) is 0.709. The SMILES string of the molecule is CCCN(C)c1nc(CC(=O)N2CCC(S(C)(=O)=O)C2)nc2sc3c(c12)CCCC3. The summed E-state index contributed by atoms with van der Waals surface area (Å²) in [5.41, 5.74) is 1.40. The first-order valence-corrected chi connectivity index (χ1v) is 13.5. The van der Waals surface area contributed by atoms with Crippen LogP contribution in [0.4, 0.5) is 5.82 Å². The fourth-order valence-electron chi connectivity index (χ4n) is 4.53. The molecule has 2 aromatic rings. The van der Waals surface area contributed by atoms with Crippen LogP contribution in [0.15, 0.2) is 0 Å². The Labute approximate surface area is 182 Å². The van der Waals surface area contributed by atoms with Crippen molar-refractivity contribution in [2.75, 3.05) is 37.8 Å². The predicted molar refractivity (Wildman–Crippen MR) is 121 cm³/mol. The lowest BCUT2D eigenvalue weighted by atomic mass is 9.97. The Morgan fingerprint density at radius 1 is 1.27 bits per heavy atom. The number of hydrogen-bond donors (Lipinski definition) is 0. The largest absolute Gasteiger partial charge is 0.359 e. The third kappa shape index (κ3) is 4.19. The first-order valence-electron chi connectivity index (χ1n) is 10.8. The summed E-state index contributed by atoms with van der Waals surface area (Å²) in [4.78, 5) is 28.7. The van der Waals surface area contributed by atoms with Crippen LogP contribution >= 0.6 is 11.3 Å². The minimum absolute atomic E-state index is 0.0917. The molecular weight excluding hydrogens is 420 g/mol. The highest BCUT2D eigenvalue weighted by molar-refractivity contribution is 7.91. The zero-order chi connectivity index (χ0) is 21.5. The van der Waals surface area contributed by atoms with E-state index >= 15 is 0 Å². The van der Waals surface area contributed by atoms with Gasteiger partial charge in [-0.15, -0.1) is 11.3 Å². The molecule has 1 unspecified atom stereocenters. The van der Waals surface area contributed by atoms with E-state index in [1.807, 2.05) is 0 Å². The van der Waals surface area contributed by atoms with Crippen molar-refractivity contribution in [1.82, 2.24) is 14.9 Å². The Morgan fingerprint density at radius 3 is 2.73 bits per heavy atom. The molecule has 1 aliphatic carbocycles. The third-order valence-corrected chi connectivity index (χ3v) is 8.96. The lowest BCUT2D eigenvalue weighted by Crippen LogP contribution is -2.33. The van der Waals surface area contributed by atoms with E-state index in [1.165, 1.54) is 34.9 Å². The second kappa shape index (κ2) is 8.42. The number of sulfone groups is 1. The molecule has 7 nitrogen and oxygen atoms in total. The standard InChI is InChI=1S/C21H30N4O3S2/c1-4-10-24(2)20-19-15-7-5-6-8-16(15)29-21(19)23-17(22-20)12-18(26)25-11-9-14(13-25)30(3,27)28/h14H,4-13H2,1-3H3. The van der Waals surface area contributed by atoms with Crippen LogP contribution in [0.5, 0.6) is 0 Å². The molecule has 0 spiro atoms. The monoisotopic (exact) mass is 450 g/mol. The molecule has 0 N–H and O–H groups in total. The average Bonchev–Trinajstić information content (AvgIpc) is 3.32. The smallest absolute Gasteiger partial charge is 0.230 e. The zero-order valence-electron chi connectivity index (χ0n) is 18.0. The van der Waals surface area contributed by atoms with Gasteiger partial charge in [-0.05, 0) is 44.1 Å². The summed E-state index contributed by atoms with van der Waals surface area (Å²) in [6.07, 6.45) is 7.48. The maximum Gasteiger partial charge on any atom is 0.230 e. The third-order valence-electron chi connectivity index (χ3n) is 6.18. The zero-order valence-corrected chi connectivity index (χ0v) is 19.6. The second-order valence-corrected chi connectivity index (χ2v) is 11.9. The van der Waals surface area contributed by atoms with E-state index < -0.39 is 15.1 Å². The molecule has 3 heterocycles. The van der Waals surface area contributed by atoms with E-state index in [9.17, 15) is 13.2 Å². The number of aryl methyl sites for hydroxylation is 2. The molecule has 4 rings (SSSR count). The summed E-state index contributed by atoms with van der Waals surface area (Å²) < 4.78 is 23.6.